The molecule has 0 bridgehead atoms. The van der Waals surface area contributed by atoms with Crippen molar-refractivity contribution in [2.24, 2.45) is 5.92 Å². The summed E-state index contributed by atoms with van der Waals surface area (Å²) in [7, 11) is 5.02. The third kappa shape index (κ3) is 5.54. The number of rotatable bonds is 7. The number of hydrogen-bond donors (Lipinski definition) is 0. The van der Waals surface area contributed by atoms with Gasteiger partial charge in [0, 0.05) is 38.2 Å². The number of likely N-dealkylation sites (N-methyl/N-ethyl adjacent to an activating group) is 1. The Morgan fingerprint density at radius 2 is 1.68 bits per heavy atom. The highest BCUT2D eigenvalue weighted by Gasteiger charge is 2.29. The Hall–Kier alpha value is -3.09. The van der Waals surface area contributed by atoms with Crippen LogP contribution in [-0.4, -0.2) is 62.5 Å². The van der Waals surface area contributed by atoms with E-state index in [0.717, 1.165) is 5.56 Å². The van der Waals surface area contributed by atoms with Crippen LogP contribution in [0.2, 0.25) is 0 Å². The van der Waals surface area contributed by atoms with Gasteiger partial charge in [-0.1, -0.05) is 6.07 Å². The maximum atomic E-state index is 13.1. The van der Waals surface area contributed by atoms with Gasteiger partial charge in [0.25, 0.3) is 5.91 Å². The van der Waals surface area contributed by atoms with Gasteiger partial charge in [-0.2, -0.15) is 0 Å². The number of piperidine rings is 1. The molecule has 1 fully saturated rings. The van der Waals surface area contributed by atoms with Gasteiger partial charge in [-0.3, -0.25) is 9.59 Å². The van der Waals surface area contributed by atoms with Gasteiger partial charge >= 0.3 is 0 Å². The molecular weight excluding hydrogens is 399 g/mol. The van der Waals surface area contributed by atoms with Crippen molar-refractivity contribution in [3.63, 3.8) is 0 Å². The first-order valence-corrected chi connectivity index (χ1v) is 10.4. The molecule has 0 aromatic heterocycles. The van der Waals surface area contributed by atoms with Gasteiger partial charge in [-0.25, -0.2) is 4.39 Å². The van der Waals surface area contributed by atoms with E-state index in [1.165, 1.54) is 24.3 Å². The van der Waals surface area contributed by atoms with Gasteiger partial charge in [-0.15, -0.1) is 0 Å². The highest BCUT2D eigenvalue weighted by atomic mass is 19.1. The Kier molecular flexibility index (Phi) is 7.50. The summed E-state index contributed by atoms with van der Waals surface area (Å²) in [4.78, 5) is 28.9. The molecule has 6 nitrogen and oxygen atoms in total. The van der Waals surface area contributed by atoms with Crippen LogP contribution in [-0.2, 0) is 11.2 Å². The van der Waals surface area contributed by atoms with Crippen molar-refractivity contribution >= 4 is 11.8 Å². The molecule has 0 unspecified atom stereocenters. The molecule has 0 N–H and O–H groups in total. The first-order chi connectivity index (χ1) is 14.9. The summed E-state index contributed by atoms with van der Waals surface area (Å²) < 4.78 is 23.7. The third-order valence-electron chi connectivity index (χ3n) is 5.78. The Morgan fingerprint density at radius 3 is 2.29 bits per heavy atom. The van der Waals surface area contributed by atoms with Crippen LogP contribution in [0.5, 0.6) is 11.5 Å². The highest BCUT2D eigenvalue weighted by Crippen LogP contribution is 2.28. The predicted octanol–water partition coefficient (Wildman–Crippen LogP) is 3.40. The standard InChI is InChI=1S/C24H29FN2O4/c1-26(13-10-17-4-9-21(30-2)22(16-17)31-3)23(28)19-11-14-27(15-12-19)24(29)18-5-7-20(25)8-6-18/h4-9,16,19H,10-15H2,1-3H3. The molecule has 2 aromatic rings. The molecule has 1 aliphatic heterocycles. The van der Waals surface area contributed by atoms with E-state index in [0.29, 0.717) is 56.0 Å². The van der Waals surface area contributed by atoms with Gasteiger partial charge in [0.2, 0.25) is 5.91 Å². The van der Waals surface area contributed by atoms with Gasteiger partial charge < -0.3 is 19.3 Å². The fraction of sp³-hybridized carbons (Fsp3) is 0.417. The molecule has 31 heavy (non-hydrogen) atoms. The average molecular weight is 429 g/mol. The highest BCUT2D eigenvalue weighted by molar-refractivity contribution is 5.94. The summed E-state index contributed by atoms with van der Waals surface area (Å²) in [5.41, 5.74) is 1.54. The normalized spacial score (nSPS) is 14.3. The number of benzene rings is 2. The topological polar surface area (TPSA) is 59.1 Å². The van der Waals surface area contributed by atoms with E-state index in [1.54, 1.807) is 24.0 Å². The minimum Gasteiger partial charge on any atom is -0.493 e. The molecule has 0 radical (unpaired) electrons. The molecular formula is C24H29FN2O4. The van der Waals surface area contributed by atoms with Gasteiger partial charge in [-0.05, 0) is 61.2 Å². The summed E-state index contributed by atoms with van der Waals surface area (Å²) in [5, 5.41) is 0. The number of carbonyl (C=O) groups is 2. The number of carbonyl (C=O) groups excluding carboxylic acids is 2. The van der Waals surface area contributed by atoms with Crippen LogP contribution in [0.3, 0.4) is 0 Å². The Morgan fingerprint density at radius 1 is 1.03 bits per heavy atom. The first kappa shape index (κ1) is 22.6. The minimum atomic E-state index is -0.364. The average Bonchev–Trinajstić information content (AvgIpc) is 2.81. The summed E-state index contributed by atoms with van der Waals surface area (Å²) in [6.07, 6.45) is 1.98. The molecule has 166 valence electrons. The van der Waals surface area contributed by atoms with Crippen LogP contribution in [0, 0.1) is 11.7 Å². The van der Waals surface area contributed by atoms with Gasteiger partial charge in [0.05, 0.1) is 14.2 Å². The van der Waals surface area contributed by atoms with Crippen molar-refractivity contribution in [3.8, 4) is 11.5 Å². The molecule has 7 heteroatoms. The van der Waals surface area contributed by atoms with Gasteiger partial charge in [0.1, 0.15) is 5.82 Å². The molecule has 2 amide bonds. The van der Waals surface area contributed by atoms with Gasteiger partial charge in [0.15, 0.2) is 11.5 Å². The first-order valence-electron chi connectivity index (χ1n) is 10.4. The maximum absolute atomic E-state index is 13.1. The van der Waals surface area contributed by atoms with E-state index in [-0.39, 0.29) is 23.5 Å². The van der Waals surface area contributed by atoms with Crippen LogP contribution in [0.4, 0.5) is 4.39 Å². The zero-order valence-electron chi connectivity index (χ0n) is 18.3. The summed E-state index contributed by atoms with van der Waals surface area (Å²) >= 11 is 0. The lowest BCUT2D eigenvalue weighted by Gasteiger charge is -2.33. The summed E-state index contributed by atoms with van der Waals surface area (Å²) in [5.74, 6) is 0.886. The smallest absolute Gasteiger partial charge is 0.253 e. The monoisotopic (exact) mass is 428 g/mol. The fourth-order valence-corrected chi connectivity index (χ4v) is 3.86. The van der Waals surface area contributed by atoms with E-state index >= 15 is 0 Å². The van der Waals surface area contributed by atoms with Crippen molar-refractivity contribution in [3.05, 3.63) is 59.4 Å². The lowest BCUT2D eigenvalue weighted by molar-refractivity contribution is -0.135. The number of nitrogens with zero attached hydrogens (tertiary/aromatic N) is 2. The second-order valence-corrected chi connectivity index (χ2v) is 7.77. The number of ether oxygens (including phenoxy) is 2. The summed E-state index contributed by atoms with van der Waals surface area (Å²) in [6, 6.07) is 11.3. The van der Waals surface area contributed by atoms with Crippen molar-refractivity contribution in [2.45, 2.75) is 19.3 Å². The molecule has 2 aromatic carbocycles. The molecule has 1 aliphatic rings. The van der Waals surface area contributed by atoms with Crippen LogP contribution >= 0.6 is 0 Å². The van der Waals surface area contributed by atoms with Crippen molar-refractivity contribution in [1.29, 1.82) is 0 Å². The molecule has 1 heterocycles. The third-order valence-corrected chi connectivity index (χ3v) is 5.78. The number of halogens is 1. The second-order valence-electron chi connectivity index (χ2n) is 7.77. The van der Waals surface area contributed by atoms with Crippen LogP contribution in [0.15, 0.2) is 42.5 Å². The van der Waals surface area contributed by atoms with E-state index in [9.17, 15) is 14.0 Å². The lowest BCUT2D eigenvalue weighted by atomic mass is 9.94. The number of likely N-dealkylation sites (tertiary alicyclic amines) is 1. The number of hydrogen-bond acceptors (Lipinski definition) is 4. The molecule has 0 saturated carbocycles. The van der Waals surface area contributed by atoms with Crippen molar-refractivity contribution in [2.75, 3.05) is 40.9 Å². The Labute approximate surface area is 182 Å². The van der Waals surface area contributed by atoms with Crippen LogP contribution < -0.4 is 9.47 Å². The van der Waals surface area contributed by atoms with Crippen molar-refractivity contribution in [1.82, 2.24) is 9.80 Å². The summed E-state index contributed by atoms with van der Waals surface area (Å²) in [6.45, 7) is 1.65. The second kappa shape index (κ2) is 10.3. The molecule has 3 rings (SSSR count). The number of amides is 2. The molecule has 1 saturated heterocycles. The van der Waals surface area contributed by atoms with E-state index in [1.807, 2.05) is 25.2 Å². The largest absolute Gasteiger partial charge is 0.493 e. The minimum absolute atomic E-state index is 0.0901. The lowest BCUT2D eigenvalue weighted by Crippen LogP contribution is -2.43. The predicted molar refractivity (Wildman–Crippen MR) is 116 cm³/mol. The quantitative estimate of drug-likeness (QED) is 0.678. The maximum Gasteiger partial charge on any atom is 0.253 e. The Balaban J connectivity index is 1.49. The van der Waals surface area contributed by atoms with E-state index in [4.69, 9.17) is 9.47 Å². The Bertz CT molecular complexity index is 908. The van der Waals surface area contributed by atoms with E-state index in [2.05, 4.69) is 0 Å². The fourth-order valence-electron chi connectivity index (χ4n) is 3.86. The molecule has 0 atom stereocenters. The van der Waals surface area contributed by atoms with Crippen LogP contribution in [0.1, 0.15) is 28.8 Å². The molecule has 0 aliphatic carbocycles. The van der Waals surface area contributed by atoms with Crippen molar-refractivity contribution < 1.29 is 23.5 Å². The SMILES string of the molecule is COc1ccc(CCN(C)C(=O)C2CCN(C(=O)c3ccc(F)cc3)CC2)cc1OC. The van der Waals surface area contributed by atoms with E-state index < -0.39 is 0 Å². The van der Waals surface area contributed by atoms with Crippen LogP contribution in [0.25, 0.3) is 0 Å². The molecule has 0 spiro atoms. The zero-order chi connectivity index (χ0) is 22.4. The number of methoxy groups -OCH3 is 2. The zero-order valence-corrected chi connectivity index (χ0v) is 18.3.